The maximum absolute atomic E-state index is 13.5. The molecule has 0 bridgehead atoms. The highest BCUT2D eigenvalue weighted by Crippen LogP contribution is 2.31. The summed E-state index contributed by atoms with van der Waals surface area (Å²) >= 11 is 12.0. The zero-order chi connectivity index (χ0) is 24.2. The van der Waals surface area contributed by atoms with Crippen molar-refractivity contribution in [2.24, 2.45) is 0 Å². The first kappa shape index (κ1) is 23.7. The molecule has 0 spiro atoms. The number of ether oxygens (including phenoxy) is 1. The third kappa shape index (κ3) is 4.88. The zero-order valence-electron chi connectivity index (χ0n) is 18.2. The smallest absolute Gasteiger partial charge is 0.256 e. The van der Waals surface area contributed by atoms with Gasteiger partial charge in [-0.3, -0.25) is 14.5 Å². The van der Waals surface area contributed by atoms with Gasteiger partial charge in [-0.15, -0.1) is 0 Å². The van der Waals surface area contributed by atoms with Gasteiger partial charge in [0.1, 0.15) is 17.6 Å². The Morgan fingerprint density at radius 1 is 1.09 bits per heavy atom. The molecule has 4 rings (SSSR count). The van der Waals surface area contributed by atoms with Gasteiger partial charge in [0, 0.05) is 11.6 Å². The Morgan fingerprint density at radius 3 is 2.47 bits per heavy atom. The number of methoxy groups -OCH3 is 1. The normalized spacial score (nSPS) is 15.6. The minimum absolute atomic E-state index is 0.154. The number of amides is 2. The lowest BCUT2D eigenvalue weighted by Crippen LogP contribution is -2.37. The van der Waals surface area contributed by atoms with Gasteiger partial charge >= 0.3 is 0 Å². The lowest BCUT2D eigenvalue weighted by atomic mass is 10.1. The standard InChI is InChI=1S/C25H21ClFN3O3S/c1-33-22-9-5-4-8-20(22)28-23(31)14-21-24(32)30(18-12-10-17(27)11-13-18)25(34)29(21)15-16-6-2-3-7-19(16)26/h2-13,21H,14-15H2,1H3,(H,28,31). The second kappa shape index (κ2) is 10.2. The number of carbonyl (C=O) groups is 2. The second-order valence-corrected chi connectivity index (χ2v) is 8.39. The molecular weight excluding hydrogens is 477 g/mol. The van der Waals surface area contributed by atoms with Gasteiger partial charge in [-0.1, -0.05) is 41.9 Å². The van der Waals surface area contributed by atoms with Gasteiger partial charge in [0.25, 0.3) is 5.91 Å². The van der Waals surface area contributed by atoms with E-state index in [2.05, 4.69) is 5.32 Å². The Hall–Kier alpha value is -3.49. The van der Waals surface area contributed by atoms with E-state index >= 15 is 0 Å². The minimum atomic E-state index is -0.872. The number of thiocarbonyl (C=S) groups is 1. The van der Waals surface area contributed by atoms with Crippen LogP contribution in [0.4, 0.5) is 15.8 Å². The van der Waals surface area contributed by atoms with Crippen LogP contribution in [-0.4, -0.2) is 35.0 Å². The number of nitrogens with zero attached hydrogens (tertiary/aromatic N) is 2. The molecule has 1 N–H and O–H groups in total. The van der Waals surface area contributed by atoms with Crippen molar-refractivity contribution >= 4 is 52.1 Å². The van der Waals surface area contributed by atoms with Crippen LogP contribution in [0.5, 0.6) is 5.75 Å². The van der Waals surface area contributed by atoms with Crippen molar-refractivity contribution in [2.45, 2.75) is 19.0 Å². The number of para-hydroxylation sites is 2. The molecule has 1 fully saturated rings. The molecule has 1 unspecified atom stereocenters. The molecule has 0 saturated carbocycles. The lowest BCUT2D eigenvalue weighted by molar-refractivity contribution is -0.124. The van der Waals surface area contributed by atoms with Gasteiger partial charge in [-0.2, -0.15) is 0 Å². The van der Waals surface area contributed by atoms with Gasteiger partial charge in [0.05, 0.1) is 24.9 Å². The average Bonchev–Trinajstić information content (AvgIpc) is 3.05. The van der Waals surface area contributed by atoms with Gasteiger partial charge in [0.2, 0.25) is 5.91 Å². The average molecular weight is 498 g/mol. The third-order valence-electron chi connectivity index (χ3n) is 5.46. The van der Waals surface area contributed by atoms with Crippen molar-refractivity contribution in [3.05, 3.63) is 89.2 Å². The molecule has 34 heavy (non-hydrogen) atoms. The van der Waals surface area contributed by atoms with Gasteiger partial charge in [-0.25, -0.2) is 4.39 Å². The molecule has 3 aromatic rings. The number of hydrogen-bond acceptors (Lipinski definition) is 4. The van der Waals surface area contributed by atoms with Crippen LogP contribution in [-0.2, 0) is 16.1 Å². The zero-order valence-corrected chi connectivity index (χ0v) is 19.8. The van der Waals surface area contributed by atoms with Crippen molar-refractivity contribution in [1.82, 2.24) is 4.90 Å². The van der Waals surface area contributed by atoms with Crippen LogP contribution in [0.3, 0.4) is 0 Å². The van der Waals surface area contributed by atoms with Crippen LogP contribution in [0, 0.1) is 5.82 Å². The number of halogens is 2. The summed E-state index contributed by atoms with van der Waals surface area (Å²) in [6, 6.07) is 18.8. The Balaban J connectivity index is 1.63. The van der Waals surface area contributed by atoms with E-state index in [1.165, 1.54) is 36.3 Å². The molecule has 0 aliphatic carbocycles. The molecule has 1 saturated heterocycles. The molecule has 1 heterocycles. The van der Waals surface area contributed by atoms with Crippen molar-refractivity contribution in [3.63, 3.8) is 0 Å². The quantitative estimate of drug-likeness (QED) is 0.464. The molecule has 9 heteroatoms. The largest absolute Gasteiger partial charge is 0.495 e. The highest BCUT2D eigenvalue weighted by atomic mass is 35.5. The van der Waals surface area contributed by atoms with Crippen molar-refractivity contribution in [3.8, 4) is 5.75 Å². The maximum atomic E-state index is 13.5. The number of hydrogen-bond donors (Lipinski definition) is 1. The summed E-state index contributed by atoms with van der Waals surface area (Å²) in [6.07, 6.45) is -0.154. The summed E-state index contributed by atoms with van der Waals surface area (Å²) in [5, 5.41) is 3.54. The monoisotopic (exact) mass is 497 g/mol. The van der Waals surface area contributed by atoms with E-state index in [0.29, 0.717) is 22.1 Å². The van der Waals surface area contributed by atoms with Crippen molar-refractivity contribution in [1.29, 1.82) is 0 Å². The number of benzene rings is 3. The first-order valence-corrected chi connectivity index (χ1v) is 11.2. The maximum Gasteiger partial charge on any atom is 0.256 e. The summed E-state index contributed by atoms with van der Waals surface area (Å²) in [5.41, 5.74) is 1.68. The fraction of sp³-hybridized carbons (Fsp3) is 0.160. The molecular formula is C25H21ClFN3O3S. The van der Waals surface area contributed by atoms with E-state index < -0.39 is 11.9 Å². The van der Waals surface area contributed by atoms with E-state index in [1.54, 1.807) is 35.2 Å². The molecule has 1 aliphatic heterocycles. The fourth-order valence-corrected chi connectivity index (χ4v) is 4.36. The highest BCUT2D eigenvalue weighted by Gasteiger charge is 2.44. The van der Waals surface area contributed by atoms with E-state index in [1.807, 2.05) is 18.2 Å². The summed E-state index contributed by atoms with van der Waals surface area (Å²) < 4.78 is 18.8. The number of nitrogens with one attached hydrogen (secondary N) is 1. The predicted molar refractivity (Wildman–Crippen MR) is 134 cm³/mol. The summed E-state index contributed by atoms with van der Waals surface area (Å²) in [7, 11) is 1.51. The molecule has 3 aromatic carbocycles. The van der Waals surface area contributed by atoms with E-state index in [9.17, 15) is 14.0 Å². The highest BCUT2D eigenvalue weighted by molar-refractivity contribution is 7.80. The Labute approximate surface area is 206 Å². The Morgan fingerprint density at radius 2 is 1.76 bits per heavy atom. The summed E-state index contributed by atoms with van der Waals surface area (Å²) in [4.78, 5) is 29.4. The fourth-order valence-electron chi connectivity index (χ4n) is 3.78. The Kier molecular flexibility index (Phi) is 7.09. The van der Waals surface area contributed by atoms with Crippen molar-refractivity contribution in [2.75, 3.05) is 17.3 Å². The topological polar surface area (TPSA) is 61.9 Å². The number of carbonyl (C=O) groups excluding carboxylic acids is 2. The van der Waals surface area contributed by atoms with Crippen LogP contribution in [0.25, 0.3) is 0 Å². The van der Waals surface area contributed by atoms with Crippen LogP contribution >= 0.6 is 23.8 Å². The molecule has 174 valence electrons. The molecule has 1 atom stereocenters. The molecule has 0 aromatic heterocycles. The summed E-state index contributed by atoms with van der Waals surface area (Å²) in [6.45, 7) is 0.231. The van der Waals surface area contributed by atoms with Gasteiger partial charge in [0.15, 0.2) is 5.11 Å². The van der Waals surface area contributed by atoms with Gasteiger partial charge < -0.3 is 15.0 Å². The second-order valence-electron chi connectivity index (χ2n) is 7.62. The van der Waals surface area contributed by atoms with Crippen LogP contribution in [0.2, 0.25) is 5.02 Å². The Bertz CT molecular complexity index is 1240. The third-order valence-corrected chi connectivity index (χ3v) is 6.25. The van der Waals surface area contributed by atoms with E-state index in [-0.39, 0.29) is 29.9 Å². The van der Waals surface area contributed by atoms with Crippen LogP contribution < -0.4 is 15.0 Å². The summed E-state index contributed by atoms with van der Waals surface area (Å²) in [5.74, 6) is -0.679. The van der Waals surface area contributed by atoms with Crippen LogP contribution in [0.15, 0.2) is 72.8 Å². The SMILES string of the molecule is COc1ccccc1NC(=O)CC1C(=O)N(c2ccc(F)cc2)C(=S)N1Cc1ccccc1Cl. The molecule has 0 radical (unpaired) electrons. The first-order valence-electron chi connectivity index (χ1n) is 10.5. The minimum Gasteiger partial charge on any atom is -0.495 e. The van der Waals surface area contributed by atoms with Crippen LogP contribution in [0.1, 0.15) is 12.0 Å². The molecule has 2 amide bonds. The lowest BCUT2D eigenvalue weighted by Gasteiger charge is -2.24. The van der Waals surface area contributed by atoms with Crippen molar-refractivity contribution < 1.29 is 18.7 Å². The molecule has 6 nitrogen and oxygen atoms in total. The van der Waals surface area contributed by atoms with E-state index in [0.717, 1.165) is 5.56 Å². The first-order chi connectivity index (χ1) is 16.4. The predicted octanol–water partition coefficient (Wildman–Crippen LogP) is 5.02. The molecule has 1 aliphatic rings. The van der Waals surface area contributed by atoms with Gasteiger partial charge in [-0.05, 0) is 60.2 Å². The van der Waals surface area contributed by atoms with E-state index in [4.69, 9.17) is 28.6 Å². The number of rotatable bonds is 7. The number of anilines is 2.